The standard InChI is InChI=1S/C13H20N2O4.ClH/c1-8(7-14)13(16)15-9-5-10(17-2)12(19-4)11(6-9)18-3;/h5-6,8H,7,14H2,1-4H3,(H,15,16);1H. The first-order valence-corrected chi connectivity index (χ1v) is 5.88. The van der Waals surface area contributed by atoms with E-state index in [-0.39, 0.29) is 30.8 Å². The van der Waals surface area contributed by atoms with E-state index in [1.165, 1.54) is 21.3 Å². The predicted octanol–water partition coefficient (Wildman–Crippen LogP) is 1.67. The van der Waals surface area contributed by atoms with Crippen LogP contribution in [-0.2, 0) is 4.79 Å². The lowest BCUT2D eigenvalue weighted by atomic mass is 10.1. The van der Waals surface area contributed by atoms with Crippen molar-refractivity contribution in [2.24, 2.45) is 11.7 Å². The van der Waals surface area contributed by atoms with Crippen molar-refractivity contribution in [3.63, 3.8) is 0 Å². The lowest BCUT2D eigenvalue weighted by Crippen LogP contribution is -2.26. The van der Waals surface area contributed by atoms with Gasteiger partial charge in [-0.2, -0.15) is 0 Å². The highest BCUT2D eigenvalue weighted by Crippen LogP contribution is 2.39. The Morgan fingerprint density at radius 2 is 1.70 bits per heavy atom. The fourth-order valence-electron chi connectivity index (χ4n) is 1.53. The molecule has 0 fully saturated rings. The summed E-state index contributed by atoms with van der Waals surface area (Å²) in [4.78, 5) is 11.8. The smallest absolute Gasteiger partial charge is 0.228 e. The molecule has 0 saturated carbocycles. The summed E-state index contributed by atoms with van der Waals surface area (Å²) >= 11 is 0. The SMILES string of the molecule is COc1cc(NC(=O)C(C)CN)cc(OC)c1OC.Cl. The lowest BCUT2D eigenvalue weighted by molar-refractivity contribution is -0.119. The molecule has 1 unspecified atom stereocenters. The van der Waals surface area contributed by atoms with Crippen molar-refractivity contribution in [2.75, 3.05) is 33.2 Å². The highest BCUT2D eigenvalue weighted by Gasteiger charge is 2.16. The Morgan fingerprint density at radius 1 is 1.20 bits per heavy atom. The van der Waals surface area contributed by atoms with Crippen molar-refractivity contribution in [3.8, 4) is 17.2 Å². The molecule has 0 aliphatic rings. The maximum atomic E-state index is 11.8. The number of carbonyl (C=O) groups excluding carboxylic acids is 1. The number of rotatable bonds is 6. The Morgan fingerprint density at radius 3 is 2.05 bits per heavy atom. The number of ether oxygens (including phenoxy) is 3. The van der Waals surface area contributed by atoms with Gasteiger partial charge in [-0.3, -0.25) is 4.79 Å². The molecule has 6 nitrogen and oxygen atoms in total. The average Bonchev–Trinajstić information content (AvgIpc) is 2.44. The van der Waals surface area contributed by atoms with E-state index in [1.54, 1.807) is 19.1 Å². The number of halogens is 1. The molecule has 3 N–H and O–H groups in total. The summed E-state index contributed by atoms with van der Waals surface area (Å²) < 4.78 is 15.6. The number of methoxy groups -OCH3 is 3. The fraction of sp³-hybridized carbons (Fsp3) is 0.462. The van der Waals surface area contributed by atoms with Gasteiger partial charge in [-0.1, -0.05) is 6.92 Å². The zero-order valence-electron chi connectivity index (χ0n) is 12.1. The first kappa shape index (κ1) is 18.3. The quantitative estimate of drug-likeness (QED) is 0.835. The van der Waals surface area contributed by atoms with Gasteiger partial charge in [-0.15, -0.1) is 12.4 Å². The van der Waals surface area contributed by atoms with Crippen molar-refractivity contribution >= 4 is 24.0 Å². The zero-order chi connectivity index (χ0) is 14.4. The van der Waals surface area contributed by atoms with Crippen molar-refractivity contribution in [2.45, 2.75) is 6.92 Å². The molecule has 0 radical (unpaired) electrons. The van der Waals surface area contributed by atoms with Gasteiger partial charge in [0.1, 0.15) is 0 Å². The third-order valence-electron chi connectivity index (χ3n) is 2.73. The van der Waals surface area contributed by atoms with Gasteiger partial charge < -0.3 is 25.3 Å². The van der Waals surface area contributed by atoms with Crippen LogP contribution in [0.15, 0.2) is 12.1 Å². The predicted molar refractivity (Wildman–Crippen MR) is 80.2 cm³/mol. The molecule has 1 aromatic rings. The third kappa shape index (κ3) is 4.18. The van der Waals surface area contributed by atoms with Crippen molar-refractivity contribution in [3.05, 3.63) is 12.1 Å². The summed E-state index contributed by atoms with van der Waals surface area (Å²) in [5, 5.41) is 2.76. The Labute approximate surface area is 125 Å². The Balaban J connectivity index is 0.00000361. The number of benzene rings is 1. The highest BCUT2D eigenvalue weighted by molar-refractivity contribution is 5.93. The van der Waals surface area contributed by atoms with Gasteiger partial charge in [0.25, 0.3) is 0 Å². The van der Waals surface area contributed by atoms with E-state index in [2.05, 4.69) is 5.32 Å². The second-order valence-electron chi connectivity index (χ2n) is 4.04. The molecule has 0 heterocycles. The van der Waals surface area contributed by atoms with E-state index in [0.717, 1.165) is 0 Å². The van der Waals surface area contributed by atoms with Gasteiger partial charge in [0.15, 0.2) is 11.5 Å². The topological polar surface area (TPSA) is 82.8 Å². The van der Waals surface area contributed by atoms with Gasteiger partial charge in [0, 0.05) is 30.3 Å². The van der Waals surface area contributed by atoms with E-state index in [0.29, 0.717) is 22.9 Å². The molecule has 7 heteroatoms. The second kappa shape index (κ2) is 8.50. The van der Waals surface area contributed by atoms with E-state index in [9.17, 15) is 4.79 Å². The highest BCUT2D eigenvalue weighted by atomic mass is 35.5. The number of amides is 1. The molecule has 1 atom stereocenters. The monoisotopic (exact) mass is 304 g/mol. The molecule has 114 valence electrons. The normalized spacial score (nSPS) is 11.1. The number of nitrogens with two attached hydrogens (primary N) is 1. The minimum Gasteiger partial charge on any atom is -0.493 e. The Hall–Kier alpha value is -1.66. The molecule has 0 aliphatic carbocycles. The summed E-state index contributed by atoms with van der Waals surface area (Å²) in [5.41, 5.74) is 6.02. The van der Waals surface area contributed by atoms with Gasteiger partial charge in [0.2, 0.25) is 11.7 Å². The van der Waals surface area contributed by atoms with Crippen LogP contribution in [0.3, 0.4) is 0 Å². The van der Waals surface area contributed by atoms with Crippen LogP contribution in [0.1, 0.15) is 6.92 Å². The summed E-state index contributed by atoms with van der Waals surface area (Å²) in [6.45, 7) is 2.05. The average molecular weight is 305 g/mol. The number of hydrogen-bond donors (Lipinski definition) is 2. The molecule has 0 spiro atoms. The third-order valence-corrected chi connectivity index (χ3v) is 2.73. The van der Waals surface area contributed by atoms with E-state index in [4.69, 9.17) is 19.9 Å². The molecule has 0 aliphatic heterocycles. The van der Waals surface area contributed by atoms with Crippen LogP contribution in [0.2, 0.25) is 0 Å². The summed E-state index contributed by atoms with van der Waals surface area (Å²) in [6, 6.07) is 3.34. The first-order valence-electron chi connectivity index (χ1n) is 5.88. The van der Waals surface area contributed by atoms with E-state index < -0.39 is 0 Å². The van der Waals surface area contributed by atoms with Gasteiger partial charge in [0.05, 0.1) is 21.3 Å². The van der Waals surface area contributed by atoms with Crippen LogP contribution in [0.25, 0.3) is 0 Å². The zero-order valence-corrected chi connectivity index (χ0v) is 12.9. The number of carbonyl (C=O) groups is 1. The first-order chi connectivity index (χ1) is 9.07. The maximum absolute atomic E-state index is 11.8. The van der Waals surface area contributed by atoms with Gasteiger partial charge in [-0.05, 0) is 0 Å². The van der Waals surface area contributed by atoms with E-state index >= 15 is 0 Å². The molecular formula is C13H21ClN2O4. The van der Waals surface area contributed by atoms with Crippen LogP contribution < -0.4 is 25.3 Å². The Kier molecular flexibility index (Phi) is 7.79. The van der Waals surface area contributed by atoms with Crippen LogP contribution in [-0.4, -0.2) is 33.8 Å². The van der Waals surface area contributed by atoms with Crippen molar-refractivity contribution < 1.29 is 19.0 Å². The van der Waals surface area contributed by atoms with Crippen LogP contribution in [0.4, 0.5) is 5.69 Å². The fourth-order valence-corrected chi connectivity index (χ4v) is 1.53. The minimum atomic E-state index is -0.265. The molecule has 1 rings (SSSR count). The number of anilines is 1. The van der Waals surface area contributed by atoms with Gasteiger partial charge in [-0.25, -0.2) is 0 Å². The van der Waals surface area contributed by atoms with Crippen LogP contribution in [0, 0.1) is 5.92 Å². The number of nitrogens with one attached hydrogen (secondary N) is 1. The van der Waals surface area contributed by atoms with Gasteiger partial charge >= 0.3 is 0 Å². The Bertz CT molecular complexity index is 429. The molecule has 1 amide bonds. The molecule has 0 bridgehead atoms. The van der Waals surface area contributed by atoms with Crippen LogP contribution in [0.5, 0.6) is 17.2 Å². The molecule has 20 heavy (non-hydrogen) atoms. The lowest BCUT2D eigenvalue weighted by Gasteiger charge is -2.15. The van der Waals surface area contributed by atoms with Crippen molar-refractivity contribution in [1.29, 1.82) is 0 Å². The minimum absolute atomic E-state index is 0. The van der Waals surface area contributed by atoms with E-state index in [1.807, 2.05) is 0 Å². The molecule has 1 aromatic carbocycles. The maximum Gasteiger partial charge on any atom is 0.228 e. The second-order valence-corrected chi connectivity index (χ2v) is 4.04. The molecule has 0 aromatic heterocycles. The summed E-state index contributed by atoms with van der Waals surface area (Å²) in [5.74, 6) is 1.03. The largest absolute Gasteiger partial charge is 0.493 e. The summed E-state index contributed by atoms with van der Waals surface area (Å²) in [6.07, 6.45) is 0. The molecule has 0 saturated heterocycles. The number of hydrogen-bond acceptors (Lipinski definition) is 5. The molecular weight excluding hydrogens is 284 g/mol. The van der Waals surface area contributed by atoms with Crippen LogP contribution >= 0.6 is 12.4 Å². The summed E-state index contributed by atoms with van der Waals surface area (Å²) in [7, 11) is 4.56. The van der Waals surface area contributed by atoms with Crippen molar-refractivity contribution in [1.82, 2.24) is 0 Å².